The van der Waals surface area contributed by atoms with Crippen molar-refractivity contribution in [2.45, 2.75) is 19.3 Å². The maximum absolute atomic E-state index is 12.3. The summed E-state index contributed by atoms with van der Waals surface area (Å²) < 4.78 is 10.2. The second kappa shape index (κ2) is 9.00. The molecule has 0 bridgehead atoms. The fraction of sp³-hybridized carbons (Fsp3) is 0.185. The first kappa shape index (κ1) is 20.6. The molecule has 0 fully saturated rings. The number of carbonyl (C=O) groups is 2. The average Bonchev–Trinajstić information content (AvgIpc) is 3.34. The lowest BCUT2D eigenvalue weighted by atomic mass is 10.1. The molecule has 0 amide bonds. The van der Waals surface area contributed by atoms with Gasteiger partial charge in [0.25, 0.3) is 0 Å². The second-order valence-corrected chi connectivity index (χ2v) is 7.56. The SMILES string of the molecule is COc1ccc2c(c1)C(=O)C(=Cc1ccccc1)C2.COc1ccc2c(c1)C(=O)CC2. The van der Waals surface area contributed by atoms with Crippen LogP contribution in [0.25, 0.3) is 6.08 Å². The van der Waals surface area contributed by atoms with E-state index in [2.05, 4.69) is 0 Å². The molecule has 0 aliphatic heterocycles. The molecule has 3 aromatic rings. The van der Waals surface area contributed by atoms with E-state index in [0.717, 1.165) is 51.3 Å². The number of carbonyl (C=O) groups excluding carboxylic acids is 2. The zero-order valence-electron chi connectivity index (χ0n) is 17.7. The molecule has 31 heavy (non-hydrogen) atoms. The Bertz CT molecular complexity index is 1160. The van der Waals surface area contributed by atoms with Gasteiger partial charge < -0.3 is 9.47 Å². The summed E-state index contributed by atoms with van der Waals surface area (Å²) in [5, 5.41) is 0. The summed E-state index contributed by atoms with van der Waals surface area (Å²) in [7, 11) is 3.23. The minimum atomic E-state index is 0.109. The summed E-state index contributed by atoms with van der Waals surface area (Å²) in [4.78, 5) is 23.6. The molecule has 2 aliphatic carbocycles. The highest BCUT2D eigenvalue weighted by Crippen LogP contribution is 2.30. The van der Waals surface area contributed by atoms with Crippen molar-refractivity contribution in [2.24, 2.45) is 0 Å². The Morgan fingerprint density at radius 3 is 2.06 bits per heavy atom. The molecule has 0 heterocycles. The van der Waals surface area contributed by atoms with Crippen LogP contribution >= 0.6 is 0 Å². The number of ketones is 2. The molecule has 0 unspecified atom stereocenters. The number of Topliss-reactive ketones (excluding diaryl/α,β-unsaturated/α-hetero) is 2. The van der Waals surface area contributed by atoms with Crippen molar-refractivity contribution in [3.05, 3.63) is 100 Å². The van der Waals surface area contributed by atoms with Crippen LogP contribution < -0.4 is 9.47 Å². The number of hydrogen-bond donors (Lipinski definition) is 0. The van der Waals surface area contributed by atoms with Crippen LogP contribution in [0.15, 0.2) is 72.3 Å². The van der Waals surface area contributed by atoms with Gasteiger partial charge >= 0.3 is 0 Å². The Kier molecular flexibility index (Phi) is 5.99. The molecule has 2 aliphatic rings. The van der Waals surface area contributed by atoms with Gasteiger partial charge in [-0.3, -0.25) is 9.59 Å². The third kappa shape index (κ3) is 4.43. The van der Waals surface area contributed by atoms with Crippen molar-refractivity contribution in [3.63, 3.8) is 0 Å². The molecule has 5 rings (SSSR count). The summed E-state index contributed by atoms with van der Waals surface area (Å²) in [6, 6.07) is 21.3. The van der Waals surface area contributed by atoms with E-state index in [1.165, 1.54) is 0 Å². The highest BCUT2D eigenvalue weighted by molar-refractivity contribution is 6.15. The normalized spacial score (nSPS) is 15.2. The minimum absolute atomic E-state index is 0.109. The van der Waals surface area contributed by atoms with Crippen molar-refractivity contribution < 1.29 is 19.1 Å². The predicted molar refractivity (Wildman–Crippen MR) is 121 cm³/mol. The van der Waals surface area contributed by atoms with E-state index in [9.17, 15) is 9.59 Å². The van der Waals surface area contributed by atoms with Crippen LogP contribution in [0.2, 0.25) is 0 Å². The van der Waals surface area contributed by atoms with Crippen molar-refractivity contribution in [2.75, 3.05) is 14.2 Å². The standard InChI is InChI=1S/C17H14O2.C10H10O2/c1-19-15-8-7-13-10-14(17(18)16(13)11-15)9-12-5-3-2-4-6-12;1-12-8-4-2-7-3-5-10(11)9(7)6-8/h2-9,11H,10H2,1H3;2,4,6H,3,5H2,1H3. The molecule has 156 valence electrons. The van der Waals surface area contributed by atoms with Gasteiger partial charge in [0.1, 0.15) is 11.5 Å². The monoisotopic (exact) mass is 412 g/mol. The molecular weight excluding hydrogens is 388 g/mol. The molecule has 0 saturated heterocycles. The van der Waals surface area contributed by atoms with Gasteiger partial charge in [0.15, 0.2) is 11.6 Å². The van der Waals surface area contributed by atoms with E-state index < -0.39 is 0 Å². The Labute approximate surface area is 182 Å². The summed E-state index contributed by atoms with van der Waals surface area (Å²) in [5.74, 6) is 1.85. The number of methoxy groups -OCH3 is 2. The van der Waals surface area contributed by atoms with Crippen molar-refractivity contribution in [1.29, 1.82) is 0 Å². The van der Waals surface area contributed by atoms with Crippen LogP contribution in [0.1, 0.15) is 43.8 Å². The average molecular weight is 412 g/mol. The number of rotatable bonds is 3. The van der Waals surface area contributed by atoms with E-state index >= 15 is 0 Å². The first-order chi connectivity index (χ1) is 15.1. The predicted octanol–water partition coefficient (Wildman–Crippen LogP) is 5.34. The maximum Gasteiger partial charge on any atom is 0.189 e. The van der Waals surface area contributed by atoms with Gasteiger partial charge in [-0.25, -0.2) is 0 Å². The van der Waals surface area contributed by atoms with Crippen LogP contribution in [0.3, 0.4) is 0 Å². The van der Waals surface area contributed by atoms with E-state index in [1.54, 1.807) is 14.2 Å². The molecule has 3 aromatic carbocycles. The maximum atomic E-state index is 12.3. The number of hydrogen-bond acceptors (Lipinski definition) is 4. The Morgan fingerprint density at radius 1 is 0.742 bits per heavy atom. The minimum Gasteiger partial charge on any atom is -0.497 e. The Balaban J connectivity index is 0.000000166. The highest BCUT2D eigenvalue weighted by atomic mass is 16.5. The number of aryl methyl sites for hydroxylation is 1. The molecular formula is C27H24O4. The summed E-state index contributed by atoms with van der Waals surface area (Å²) in [6.07, 6.45) is 4.21. The van der Waals surface area contributed by atoms with E-state index in [4.69, 9.17) is 9.47 Å². The van der Waals surface area contributed by atoms with Crippen molar-refractivity contribution in [1.82, 2.24) is 0 Å². The third-order valence-electron chi connectivity index (χ3n) is 5.61. The zero-order chi connectivity index (χ0) is 21.8. The Hall–Kier alpha value is -3.66. The van der Waals surface area contributed by atoms with E-state index in [0.29, 0.717) is 12.8 Å². The van der Waals surface area contributed by atoms with Gasteiger partial charge in [-0.1, -0.05) is 42.5 Å². The summed E-state index contributed by atoms with van der Waals surface area (Å²) in [5.41, 5.74) is 5.74. The lowest BCUT2D eigenvalue weighted by Crippen LogP contribution is -1.95. The smallest absolute Gasteiger partial charge is 0.189 e. The van der Waals surface area contributed by atoms with Crippen LogP contribution in [-0.4, -0.2) is 25.8 Å². The first-order valence-electron chi connectivity index (χ1n) is 10.3. The lowest BCUT2D eigenvalue weighted by Gasteiger charge is -2.01. The Morgan fingerprint density at radius 2 is 1.39 bits per heavy atom. The lowest BCUT2D eigenvalue weighted by molar-refractivity contribution is 0.0993. The van der Waals surface area contributed by atoms with Gasteiger partial charge in [0.2, 0.25) is 0 Å². The molecule has 4 heteroatoms. The molecule has 0 saturated carbocycles. The van der Waals surface area contributed by atoms with Crippen LogP contribution in [0.5, 0.6) is 11.5 Å². The van der Waals surface area contributed by atoms with Gasteiger partial charge in [0, 0.05) is 29.5 Å². The second-order valence-electron chi connectivity index (χ2n) is 7.56. The zero-order valence-corrected chi connectivity index (χ0v) is 17.7. The van der Waals surface area contributed by atoms with Crippen LogP contribution in [0, 0.1) is 0 Å². The topological polar surface area (TPSA) is 52.6 Å². The van der Waals surface area contributed by atoms with Crippen LogP contribution in [0.4, 0.5) is 0 Å². The number of ether oxygens (including phenoxy) is 2. The van der Waals surface area contributed by atoms with E-state index in [1.807, 2.05) is 72.8 Å². The fourth-order valence-electron chi connectivity index (χ4n) is 3.92. The number of fused-ring (bicyclic) bond motifs is 2. The van der Waals surface area contributed by atoms with Crippen LogP contribution in [-0.2, 0) is 12.8 Å². The molecule has 0 aromatic heterocycles. The summed E-state index contributed by atoms with van der Waals surface area (Å²) in [6.45, 7) is 0. The quantitative estimate of drug-likeness (QED) is 0.545. The molecule has 0 N–H and O–H groups in total. The molecule has 4 nitrogen and oxygen atoms in total. The third-order valence-corrected chi connectivity index (χ3v) is 5.61. The van der Waals surface area contributed by atoms with E-state index in [-0.39, 0.29) is 11.6 Å². The van der Waals surface area contributed by atoms with Gasteiger partial charge in [-0.05, 0) is 53.5 Å². The molecule has 0 radical (unpaired) electrons. The van der Waals surface area contributed by atoms with Crippen molar-refractivity contribution >= 4 is 17.6 Å². The molecule has 0 atom stereocenters. The van der Waals surface area contributed by atoms with Gasteiger partial charge in [0.05, 0.1) is 14.2 Å². The summed E-state index contributed by atoms with van der Waals surface area (Å²) >= 11 is 0. The van der Waals surface area contributed by atoms with Gasteiger partial charge in [-0.15, -0.1) is 0 Å². The van der Waals surface area contributed by atoms with Gasteiger partial charge in [-0.2, -0.15) is 0 Å². The highest BCUT2D eigenvalue weighted by Gasteiger charge is 2.25. The first-order valence-corrected chi connectivity index (χ1v) is 10.3. The fourth-order valence-corrected chi connectivity index (χ4v) is 3.92. The number of allylic oxidation sites excluding steroid dienone is 1. The van der Waals surface area contributed by atoms with Crippen molar-refractivity contribution in [3.8, 4) is 11.5 Å². The largest absolute Gasteiger partial charge is 0.497 e. The molecule has 0 spiro atoms. The number of benzene rings is 3.